The number of hydrogen-bond donors (Lipinski definition) is 0. The highest BCUT2D eigenvalue weighted by molar-refractivity contribution is 7.78. The SMILES string of the molecule is CC(C)N(C(C)C)[P+](Cc1ccccc1)(c1ccccc1)N(C)C. The summed E-state index contributed by atoms with van der Waals surface area (Å²) in [6.07, 6.45) is 1.07. The van der Waals surface area contributed by atoms with Crippen LogP contribution >= 0.6 is 7.56 Å². The van der Waals surface area contributed by atoms with Crippen molar-refractivity contribution in [3.8, 4) is 0 Å². The smallest absolute Gasteiger partial charge is 0.165 e. The summed E-state index contributed by atoms with van der Waals surface area (Å²) in [4.78, 5) is 0. The average Bonchev–Trinajstić information content (AvgIpc) is 2.55. The van der Waals surface area contributed by atoms with E-state index in [1.54, 1.807) is 0 Å². The van der Waals surface area contributed by atoms with Gasteiger partial charge in [-0.25, -0.2) is 0 Å². The Kier molecular flexibility index (Phi) is 6.57. The van der Waals surface area contributed by atoms with Gasteiger partial charge in [-0.2, -0.15) is 9.34 Å². The van der Waals surface area contributed by atoms with Gasteiger partial charge in [0.2, 0.25) is 0 Å². The van der Waals surface area contributed by atoms with Gasteiger partial charge < -0.3 is 0 Å². The van der Waals surface area contributed by atoms with Crippen LogP contribution in [0.2, 0.25) is 0 Å². The molecule has 130 valence electrons. The monoisotopic (exact) mass is 343 g/mol. The van der Waals surface area contributed by atoms with E-state index >= 15 is 0 Å². The van der Waals surface area contributed by atoms with Crippen LogP contribution in [0.15, 0.2) is 60.7 Å². The molecule has 3 heteroatoms. The molecule has 1 unspecified atom stereocenters. The van der Waals surface area contributed by atoms with Gasteiger partial charge in [0.25, 0.3) is 0 Å². The summed E-state index contributed by atoms with van der Waals surface area (Å²) in [5.74, 6) is 0. The lowest BCUT2D eigenvalue weighted by Gasteiger charge is -2.44. The summed E-state index contributed by atoms with van der Waals surface area (Å²) in [6, 6.07) is 23.0. The van der Waals surface area contributed by atoms with Crippen LogP contribution in [0.4, 0.5) is 0 Å². The van der Waals surface area contributed by atoms with Crippen LogP contribution in [0.5, 0.6) is 0 Å². The van der Waals surface area contributed by atoms with E-state index in [0.717, 1.165) is 6.16 Å². The Labute approximate surface area is 148 Å². The second kappa shape index (κ2) is 8.25. The Hall–Kier alpha value is -1.21. The summed E-state index contributed by atoms with van der Waals surface area (Å²) >= 11 is 0. The van der Waals surface area contributed by atoms with Crippen molar-refractivity contribution in [3.05, 3.63) is 66.2 Å². The molecule has 0 fully saturated rings. The fourth-order valence-electron chi connectivity index (χ4n) is 3.75. The Balaban J connectivity index is 2.65. The van der Waals surface area contributed by atoms with Crippen LogP contribution in [0.3, 0.4) is 0 Å². The molecule has 1 atom stereocenters. The maximum atomic E-state index is 2.75. The molecule has 0 aliphatic carbocycles. The zero-order valence-corrected chi connectivity index (χ0v) is 16.9. The third-order valence-electron chi connectivity index (χ3n) is 4.52. The number of nitrogens with zero attached hydrogens (tertiary/aromatic N) is 2. The van der Waals surface area contributed by atoms with Gasteiger partial charge in [-0.05, 0) is 45.4 Å². The van der Waals surface area contributed by atoms with Crippen molar-refractivity contribution in [2.75, 3.05) is 14.1 Å². The quantitative estimate of drug-likeness (QED) is 0.650. The molecule has 0 saturated carbocycles. The van der Waals surface area contributed by atoms with Gasteiger partial charge in [0, 0.05) is 26.2 Å². The number of rotatable bonds is 7. The van der Waals surface area contributed by atoms with E-state index in [1.165, 1.54) is 10.9 Å². The zero-order chi connectivity index (χ0) is 17.7. The third-order valence-corrected chi connectivity index (χ3v) is 9.46. The van der Waals surface area contributed by atoms with Gasteiger partial charge in [0.1, 0.15) is 11.5 Å². The van der Waals surface area contributed by atoms with Crippen LogP contribution in [0, 0.1) is 0 Å². The molecule has 0 spiro atoms. The van der Waals surface area contributed by atoms with E-state index in [4.69, 9.17) is 0 Å². The van der Waals surface area contributed by atoms with E-state index in [1.807, 2.05) is 0 Å². The topological polar surface area (TPSA) is 6.48 Å². The third kappa shape index (κ3) is 3.88. The Morgan fingerprint density at radius 2 is 1.21 bits per heavy atom. The molecule has 0 bridgehead atoms. The minimum Gasteiger partial charge on any atom is -0.165 e. The fraction of sp³-hybridized carbons (Fsp3) is 0.429. The summed E-state index contributed by atoms with van der Waals surface area (Å²) in [5.41, 5.74) is 1.41. The summed E-state index contributed by atoms with van der Waals surface area (Å²) in [7, 11) is 2.80. The van der Waals surface area contributed by atoms with Crippen molar-refractivity contribution in [3.63, 3.8) is 0 Å². The molecule has 0 amide bonds. The van der Waals surface area contributed by atoms with Gasteiger partial charge in [-0.3, -0.25) is 0 Å². The van der Waals surface area contributed by atoms with Gasteiger partial charge >= 0.3 is 0 Å². The van der Waals surface area contributed by atoms with Gasteiger partial charge in [0.05, 0.1) is 0 Å². The molecule has 0 aliphatic rings. The summed E-state index contributed by atoms with van der Waals surface area (Å²) < 4.78 is 5.24. The van der Waals surface area contributed by atoms with Crippen molar-refractivity contribution in [2.45, 2.75) is 45.9 Å². The molecule has 0 aromatic heterocycles. The molecular formula is C21H32N2P+. The lowest BCUT2D eigenvalue weighted by atomic mass is 10.2. The lowest BCUT2D eigenvalue weighted by Crippen LogP contribution is -2.46. The van der Waals surface area contributed by atoms with Gasteiger partial charge in [-0.15, -0.1) is 0 Å². The molecule has 2 aromatic carbocycles. The highest BCUT2D eigenvalue weighted by Gasteiger charge is 2.52. The Morgan fingerprint density at radius 3 is 1.62 bits per heavy atom. The first-order chi connectivity index (χ1) is 11.4. The van der Waals surface area contributed by atoms with Crippen molar-refractivity contribution in [1.29, 1.82) is 0 Å². The van der Waals surface area contributed by atoms with Crippen molar-refractivity contribution in [1.82, 2.24) is 9.34 Å². The van der Waals surface area contributed by atoms with Crippen LogP contribution in [0.25, 0.3) is 0 Å². The molecule has 0 radical (unpaired) electrons. The van der Waals surface area contributed by atoms with Crippen LogP contribution in [0.1, 0.15) is 33.3 Å². The highest BCUT2D eigenvalue weighted by Crippen LogP contribution is 2.66. The van der Waals surface area contributed by atoms with Crippen molar-refractivity contribution in [2.24, 2.45) is 0 Å². The molecule has 0 aliphatic heterocycles. The van der Waals surface area contributed by atoms with Gasteiger partial charge in [0.15, 0.2) is 7.56 Å². The normalized spacial score (nSPS) is 14.6. The second-order valence-corrected chi connectivity index (χ2v) is 10.7. The van der Waals surface area contributed by atoms with E-state index in [2.05, 4.69) is 112 Å². The largest absolute Gasteiger partial charge is 0.190 e. The van der Waals surface area contributed by atoms with Crippen molar-refractivity contribution < 1.29 is 0 Å². The van der Waals surface area contributed by atoms with Crippen LogP contribution in [-0.4, -0.2) is 35.5 Å². The minimum absolute atomic E-state index is 0.490. The maximum Gasteiger partial charge on any atom is 0.190 e. The highest BCUT2D eigenvalue weighted by atomic mass is 31.2. The first kappa shape index (κ1) is 19.1. The first-order valence-electron chi connectivity index (χ1n) is 8.83. The second-order valence-electron chi connectivity index (χ2n) is 7.12. The number of hydrogen-bond acceptors (Lipinski definition) is 2. The van der Waals surface area contributed by atoms with Crippen molar-refractivity contribution >= 4 is 12.9 Å². The molecular weight excluding hydrogens is 311 g/mol. The summed E-state index contributed by atoms with van der Waals surface area (Å²) in [6.45, 7) is 9.30. The standard InChI is InChI=1S/C21H32N2P/c1-18(2)23(19(3)4)24(22(5)6,21-15-11-8-12-16-21)17-20-13-9-7-10-14-20/h7-16,18-19H,17H2,1-6H3/q+1. The van der Waals surface area contributed by atoms with E-state index in [-0.39, 0.29) is 0 Å². The summed E-state index contributed by atoms with van der Waals surface area (Å²) in [5, 5.41) is 1.46. The Bertz CT molecular complexity index is 602. The average molecular weight is 343 g/mol. The fourth-order valence-corrected chi connectivity index (χ4v) is 8.42. The molecule has 2 aromatic rings. The molecule has 0 saturated heterocycles. The molecule has 0 N–H and O–H groups in total. The Morgan fingerprint density at radius 1 is 0.750 bits per heavy atom. The predicted octanol–water partition coefficient (Wildman–Crippen LogP) is 5.04. The van der Waals surface area contributed by atoms with Crippen LogP contribution in [-0.2, 0) is 6.16 Å². The molecule has 2 rings (SSSR count). The van der Waals surface area contributed by atoms with E-state index < -0.39 is 7.56 Å². The lowest BCUT2D eigenvalue weighted by molar-refractivity contribution is 0.300. The zero-order valence-electron chi connectivity index (χ0n) is 16.0. The molecule has 2 nitrogen and oxygen atoms in total. The minimum atomic E-state index is -1.70. The van der Waals surface area contributed by atoms with Crippen LogP contribution < -0.4 is 5.30 Å². The predicted molar refractivity (Wildman–Crippen MR) is 109 cm³/mol. The molecule has 0 heterocycles. The first-order valence-corrected chi connectivity index (χ1v) is 10.7. The molecule has 24 heavy (non-hydrogen) atoms. The maximum absolute atomic E-state index is 2.75. The van der Waals surface area contributed by atoms with E-state index in [9.17, 15) is 0 Å². The van der Waals surface area contributed by atoms with Gasteiger partial charge in [-0.1, -0.05) is 48.5 Å². The number of benzene rings is 2. The van der Waals surface area contributed by atoms with E-state index in [0.29, 0.717) is 12.1 Å².